The van der Waals surface area contributed by atoms with Gasteiger partial charge in [-0.1, -0.05) is 31.9 Å². The number of benzene rings is 1. The molecule has 1 aliphatic carbocycles. The average Bonchev–Trinajstić information content (AvgIpc) is 2.71. The number of anilines is 1. The maximum atomic E-state index is 12.6. The summed E-state index contributed by atoms with van der Waals surface area (Å²) >= 11 is 0. The third kappa shape index (κ3) is 5.07. The van der Waals surface area contributed by atoms with Gasteiger partial charge in [-0.05, 0) is 56.7 Å². The third-order valence-corrected chi connectivity index (χ3v) is 5.95. The summed E-state index contributed by atoms with van der Waals surface area (Å²) in [5.74, 6) is -0.694. The fourth-order valence-corrected chi connectivity index (χ4v) is 3.95. The lowest BCUT2D eigenvalue weighted by Crippen LogP contribution is -2.46. The maximum Gasteiger partial charge on any atom is 0.355 e. The van der Waals surface area contributed by atoms with Crippen molar-refractivity contribution in [2.24, 2.45) is 11.0 Å². The number of carbonyl (C=O) groups is 3. The standard InChI is InChI=1S/C23H31N3O4/c1-14-9-10-16(3)20(13-14)26-21(27)12-11-19(25-26)23(29)30-17(4)22(28)24-18-8-6-5-7-15(18)2/h9-10,13,15,17-18H,5-8,11-12H2,1-4H3,(H,24,28)/t15-,17+,18-/m0/s1. The van der Waals surface area contributed by atoms with Crippen LogP contribution in [0.5, 0.6) is 0 Å². The fourth-order valence-electron chi connectivity index (χ4n) is 3.95. The minimum absolute atomic E-state index is 0.122. The molecule has 3 atom stereocenters. The molecule has 1 aromatic carbocycles. The van der Waals surface area contributed by atoms with Crippen molar-refractivity contribution in [1.29, 1.82) is 0 Å². The third-order valence-electron chi connectivity index (χ3n) is 5.95. The number of hydrogen-bond donors (Lipinski definition) is 1. The van der Waals surface area contributed by atoms with E-state index in [2.05, 4.69) is 17.3 Å². The van der Waals surface area contributed by atoms with Gasteiger partial charge in [-0.3, -0.25) is 9.59 Å². The average molecular weight is 414 g/mol. The number of ether oxygens (including phenoxy) is 1. The van der Waals surface area contributed by atoms with Crippen LogP contribution in [-0.4, -0.2) is 35.6 Å². The van der Waals surface area contributed by atoms with E-state index >= 15 is 0 Å². The minimum Gasteiger partial charge on any atom is -0.448 e. The van der Waals surface area contributed by atoms with Crippen molar-refractivity contribution in [3.63, 3.8) is 0 Å². The highest BCUT2D eigenvalue weighted by Gasteiger charge is 2.30. The van der Waals surface area contributed by atoms with Gasteiger partial charge in [0.1, 0.15) is 5.71 Å². The molecule has 1 fully saturated rings. The molecule has 0 radical (unpaired) electrons. The van der Waals surface area contributed by atoms with Crippen molar-refractivity contribution < 1.29 is 19.1 Å². The number of rotatable bonds is 5. The Morgan fingerprint density at radius 2 is 1.93 bits per heavy atom. The van der Waals surface area contributed by atoms with Crippen LogP contribution in [0, 0.1) is 19.8 Å². The molecule has 1 heterocycles. The van der Waals surface area contributed by atoms with Crippen LogP contribution in [0.1, 0.15) is 63.5 Å². The van der Waals surface area contributed by atoms with E-state index in [0.29, 0.717) is 11.6 Å². The van der Waals surface area contributed by atoms with Crippen molar-refractivity contribution in [3.05, 3.63) is 29.3 Å². The van der Waals surface area contributed by atoms with E-state index in [1.165, 1.54) is 11.4 Å². The van der Waals surface area contributed by atoms with Crippen molar-refractivity contribution in [2.75, 3.05) is 5.01 Å². The number of nitrogens with zero attached hydrogens (tertiary/aromatic N) is 2. The number of aryl methyl sites for hydroxylation is 2. The van der Waals surface area contributed by atoms with Gasteiger partial charge in [0, 0.05) is 18.9 Å². The molecule has 0 aromatic heterocycles. The number of esters is 1. The van der Waals surface area contributed by atoms with Gasteiger partial charge < -0.3 is 10.1 Å². The monoisotopic (exact) mass is 413 g/mol. The summed E-state index contributed by atoms with van der Waals surface area (Å²) < 4.78 is 5.38. The normalized spacial score (nSPS) is 22.9. The van der Waals surface area contributed by atoms with Gasteiger partial charge in [0.05, 0.1) is 5.69 Å². The summed E-state index contributed by atoms with van der Waals surface area (Å²) in [6, 6.07) is 5.86. The van der Waals surface area contributed by atoms with E-state index in [-0.39, 0.29) is 36.4 Å². The van der Waals surface area contributed by atoms with Crippen molar-refractivity contribution >= 4 is 29.2 Å². The molecule has 7 heteroatoms. The van der Waals surface area contributed by atoms with Gasteiger partial charge in [0.15, 0.2) is 6.10 Å². The summed E-state index contributed by atoms with van der Waals surface area (Å²) in [6.45, 7) is 7.53. The Hall–Kier alpha value is -2.70. The number of hydrogen-bond acceptors (Lipinski definition) is 5. The molecule has 162 valence electrons. The van der Waals surface area contributed by atoms with E-state index in [0.717, 1.165) is 30.4 Å². The Labute approximate surface area is 177 Å². The summed E-state index contributed by atoms with van der Waals surface area (Å²) in [4.78, 5) is 37.5. The van der Waals surface area contributed by atoms with Crippen molar-refractivity contribution in [3.8, 4) is 0 Å². The Balaban J connectivity index is 1.67. The van der Waals surface area contributed by atoms with E-state index in [1.54, 1.807) is 6.92 Å². The lowest BCUT2D eigenvalue weighted by atomic mass is 9.86. The lowest BCUT2D eigenvalue weighted by molar-refractivity contribution is -0.149. The minimum atomic E-state index is -0.916. The van der Waals surface area contributed by atoms with Gasteiger partial charge in [-0.2, -0.15) is 10.1 Å². The van der Waals surface area contributed by atoms with Crippen LogP contribution in [0.3, 0.4) is 0 Å². The van der Waals surface area contributed by atoms with Crippen LogP contribution in [0.2, 0.25) is 0 Å². The Morgan fingerprint density at radius 1 is 1.20 bits per heavy atom. The maximum absolute atomic E-state index is 12.6. The second kappa shape index (κ2) is 9.41. The number of nitrogens with one attached hydrogen (secondary N) is 1. The van der Waals surface area contributed by atoms with Crippen LogP contribution in [0.15, 0.2) is 23.3 Å². The van der Waals surface area contributed by atoms with Gasteiger partial charge in [0.25, 0.3) is 5.91 Å². The van der Waals surface area contributed by atoms with Crippen LogP contribution in [-0.2, 0) is 19.1 Å². The Morgan fingerprint density at radius 3 is 2.67 bits per heavy atom. The van der Waals surface area contributed by atoms with E-state index in [1.807, 2.05) is 32.0 Å². The highest BCUT2D eigenvalue weighted by atomic mass is 16.5. The van der Waals surface area contributed by atoms with Gasteiger partial charge in [-0.15, -0.1) is 0 Å². The highest BCUT2D eigenvalue weighted by Crippen LogP contribution is 2.26. The predicted molar refractivity (Wildman–Crippen MR) is 115 cm³/mol. The summed E-state index contributed by atoms with van der Waals surface area (Å²) in [6.07, 6.45) is 3.79. The smallest absolute Gasteiger partial charge is 0.355 e. The summed E-state index contributed by atoms with van der Waals surface area (Å²) in [5.41, 5.74) is 2.69. The molecule has 0 spiro atoms. The molecule has 3 rings (SSSR count). The Kier molecular flexibility index (Phi) is 6.90. The lowest BCUT2D eigenvalue weighted by Gasteiger charge is -2.30. The zero-order valence-electron chi connectivity index (χ0n) is 18.2. The molecule has 0 unspecified atom stereocenters. The number of carbonyl (C=O) groups excluding carboxylic acids is 3. The zero-order valence-corrected chi connectivity index (χ0v) is 18.2. The first-order valence-corrected chi connectivity index (χ1v) is 10.8. The summed E-state index contributed by atoms with van der Waals surface area (Å²) in [7, 11) is 0. The molecule has 2 aliphatic rings. The molecular formula is C23H31N3O4. The molecule has 0 bridgehead atoms. The van der Waals surface area contributed by atoms with Crippen LogP contribution >= 0.6 is 0 Å². The topological polar surface area (TPSA) is 88.1 Å². The molecule has 1 aliphatic heterocycles. The largest absolute Gasteiger partial charge is 0.448 e. The molecular weight excluding hydrogens is 382 g/mol. The van der Waals surface area contributed by atoms with Crippen molar-refractivity contribution in [1.82, 2.24) is 5.32 Å². The quantitative estimate of drug-likeness (QED) is 0.749. The second-order valence-electron chi connectivity index (χ2n) is 8.47. The SMILES string of the molecule is Cc1ccc(C)c(N2N=C(C(=O)O[C@H](C)C(=O)N[C@H]3CCCC[C@@H]3C)CCC2=O)c1. The van der Waals surface area contributed by atoms with Crippen LogP contribution < -0.4 is 10.3 Å². The first-order valence-electron chi connectivity index (χ1n) is 10.8. The van der Waals surface area contributed by atoms with E-state index in [4.69, 9.17) is 4.74 Å². The molecule has 1 N–H and O–H groups in total. The molecule has 7 nitrogen and oxygen atoms in total. The first kappa shape index (κ1) is 22.0. The summed E-state index contributed by atoms with van der Waals surface area (Å²) in [5, 5.41) is 8.56. The van der Waals surface area contributed by atoms with E-state index in [9.17, 15) is 14.4 Å². The molecule has 2 amide bonds. The van der Waals surface area contributed by atoms with Crippen LogP contribution in [0.25, 0.3) is 0 Å². The predicted octanol–water partition coefficient (Wildman–Crippen LogP) is 3.41. The number of amides is 2. The van der Waals surface area contributed by atoms with Gasteiger partial charge in [0.2, 0.25) is 5.91 Å². The number of hydrazone groups is 1. The molecule has 1 saturated carbocycles. The molecule has 0 saturated heterocycles. The zero-order chi connectivity index (χ0) is 21.8. The van der Waals surface area contributed by atoms with Gasteiger partial charge >= 0.3 is 5.97 Å². The molecule has 1 aromatic rings. The fraction of sp³-hybridized carbons (Fsp3) is 0.565. The first-order chi connectivity index (χ1) is 14.3. The van der Waals surface area contributed by atoms with Crippen molar-refractivity contribution in [2.45, 2.75) is 78.4 Å². The van der Waals surface area contributed by atoms with Crippen LogP contribution in [0.4, 0.5) is 5.69 Å². The van der Waals surface area contributed by atoms with Gasteiger partial charge in [-0.25, -0.2) is 4.79 Å². The van der Waals surface area contributed by atoms with E-state index < -0.39 is 12.1 Å². The molecule has 30 heavy (non-hydrogen) atoms. The highest BCUT2D eigenvalue weighted by molar-refractivity contribution is 6.38. The Bertz CT molecular complexity index is 864. The second-order valence-corrected chi connectivity index (χ2v) is 8.47.